The van der Waals surface area contributed by atoms with E-state index in [1.54, 1.807) is 24.3 Å². The van der Waals surface area contributed by atoms with Crippen molar-refractivity contribution in [2.45, 2.75) is 12.5 Å². The van der Waals surface area contributed by atoms with Crippen molar-refractivity contribution in [3.63, 3.8) is 0 Å². The Kier molecular flexibility index (Phi) is 3.89. The zero-order valence-electron chi connectivity index (χ0n) is 10.8. The van der Waals surface area contributed by atoms with Crippen LogP contribution in [0.25, 0.3) is 11.0 Å². The molecule has 2 nitrogen and oxygen atoms in total. The Morgan fingerprint density at radius 2 is 1.90 bits per heavy atom. The monoisotopic (exact) mass is 324 g/mol. The molecule has 5 heteroatoms. The first-order chi connectivity index (χ1) is 10.0. The zero-order chi connectivity index (χ0) is 15.0. The highest BCUT2D eigenvalue weighted by Crippen LogP contribution is 2.29. The van der Waals surface area contributed by atoms with E-state index in [1.165, 1.54) is 18.2 Å². The normalized spacial score (nSPS) is 12.8. The van der Waals surface area contributed by atoms with Gasteiger partial charge in [0.1, 0.15) is 23.3 Å². The predicted octanol–water partition coefficient (Wildman–Crippen LogP) is 5.15. The molecule has 21 heavy (non-hydrogen) atoms. The number of aliphatic hydroxyl groups excluding tert-OH is 1. The van der Waals surface area contributed by atoms with Crippen LogP contribution in [-0.4, -0.2) is 5.11 Å². The molecule has 2 aromatic carbocycles. The van der Waals surface area contributed by atoms with Gasteiger partial charge in [0, 0.05) is 21.9 Å². The summed E-state index contributed by atoms with van der Waals surface area (Å²) < 4.78 is 18.7. The lowest BCUT2D eigenvalue weighted by Crippen LogP contribution is -2.00. The van der Waals surface area contributed by atoms with Crippen molar-refractivity contribution in [3.05, 3.63) is 69.7 Å². The van der Waals surface area contributed by atoms with Gasteiger partial charge in [-0.3, -0.25) is 0 Å². The second-order valence-corrected chi connectivity index (χ2v) is 5.63. The number of aliphatic hydroxyl groups is 1. The molecule has 1 atom stereocenters. The van der Waals surface area contributed by atoms with Gasteiger partial charge in [0.2, 0.25) is 0 Å². The molecule has 0 radical (unpaired) electrons. The van der Waals surface area contributed by atoms with Gasteiger partial charge in [0.25, 0.3) is 0 Å². The van der Waals surface area contributed by atoms with Crippen LogP contribution in [0.3, 0.4) is 0 Å². The summed E-state index contributed by atoms with van der Waals surface area (Å²) in [4.78, 5) is 0. The Morgan fingerprint density at radius 1 is 1.10 bits per heavy atom. The molecule has 1 unspecified atom stereocenters. The average molecular weight is 325 g/mol. The predicted molar refractivity (Wildman–Crippen MR) is 81.3 cm³/mol. The van der Waals surface area contributed by atoms with Gasteiger partial charge in [-0.25, -0.2) is 4.39 Å². The Morgan fingerprint density at radius 3 is 2.67 bits per heavy atom. The van der Waals surface area contributed by atoms with Gasteiger partial charge in [0.05, 0.1) is 0 Å². The van der Waals surface area contributed by atoms with Gasteiger partial charge < -0.3 is 9.52 Å². The van der Waals surface area contributed by atoms with Crippen LogP contribution in [0.4, 0.5) is 4.39 Å². The van der Waals surface area contributed by atoms with Crippen molar-refractivity contribution >= 4 is 34.2 Å². The maximum atomic E-state index is 13.2. The van der Waals surface area contributed by atoms with Crippen LogP contribution in [0.5, 0.6) is 0 Å². The Hall–Kier alpha value is -1.55. The van der Waals surface area contributed by atoms with Crippen LogP contribution in [0.2, 0.25) is 10.0 Å². The van der Waals surface area contributed by atoms with Crippen molar-refractivity contribution in [2.24, 2.45) is 0 Å². The fraction of sp³-hybridized carbons (Fsp3) is 0.125. The van der Waals surface area contributed by atoms with E-state index < -0.39 is 6.10 Å². The Balaban J connectivity index is 1.87. The highest BCUT2D eigenvalue weighted by Gasteiger charge is 2.16. The summed E-state index contributed by atoms with van der Waals surface area (Å²) in [6.45, 7) is 0. The molecule has 0 saturated heterocycles. The van der Waals surface area contributed by atoms with Crippen molar-refractivity contribution in [1.82, 2.24) is 0 Å². The maximum Gasteiger partial charge on any atom is 0.134 e. The van der Waals surface area contributed by atoms with Gasteiger partial charge in [-0.2, -0.15) is 0 Å². The van der Waals surface area contributed by atoms with Crippen LogP contribution in [0.1, 0.15) is 17.4 Å². The van der Waals surface area contributed by atoms with E-state index in [-0.39, 0.29) is 12.2 Å². The van der Waals surface area contributed by atoms with Crippen LogP contribution in [0.15, 0.2) is 46.9 Å². The van der Waals surface area contributed by atoms with Crippen LogP contribution < -0.4 is 0 Å². The fourth-order valence-electron chi connectivity index (χ4n) is 2.20. The van der Waals surface area contributed by atoms with Crippen molar-refractivity contribution in [1.29, 1.82) is 0 Å². The second kappa shape index (κ2) is 5.68. The van der Waals surface area contributed by atoms with Crippen LogP contribution >= 0.6 is 23.2 Å². The second-order valence-electron chi connectivity index (χ2n) is 4.79. The lowest BCUT2D eigenvalue weighted by atomic mass is 10.1. The number of rotatable bonds is 3. The average Bonchev–Trinajstić information content (AvgIpc) is 2.85. The zero-order valence-corrected chi connectivity index (χ0v) is 12.3. The standard InChI is InChI=1S/C16H11Cl2FO2/c17-11-2-1-9(13(18)8-11)6-14(20)16-7-10-5-12(19)3-4-15(10)21-16/h1-5,7-8,14,20H,6H2. The summed E-state index contributed by atoms with van der Waals surface area (Å²) in [5.41, 5.74) is 1.30. The molecule has 1 N–H and O–H groups in total. The summed E-state index contributed by atoms with van der Waals surface area (Å²) in [7, 11) is 0. The number of hydrogen-bond donors (Lipinski definition) is 1. The molecule has 0 saturated carbocycles. The molecule has 0 aliphatic carbocycles. The summed E-state index contributed by atoms with van der Waals surface area (Å²) in [6.07, 6.45) is -0.572. The molecule has 0 bridgehead atoms. The summed E-state index contributed by atoms with van der Waals surface area (Å²) in [5.74, 6) is 0.0340. The first-order valence-corrected chi connectivity index (χ1v) is 7.09. The van der Waals surface area contributed by atoms with E-state index >= 15 is 0 Å². The van der Waals surface area contributed by atoms with E-state index in [4.69, 9.17) is 27.6 Å². The van der Waals surface area contributed by atoms with Crippen molar-refractivity contribution in [2.75, 3.05) is 0 Å². The minimum absolute atomic E-state index is 0.290. The molecular weight excluding hydrogens is 314 g/mol. The third-order valence-corrected chi connectivity index (χ3v) is 3.84. The first kappa shape index (κ1) is 14.4. The molecule has 0 aliphatic heterocycles. The largest absolute Gasteiger partial charge is 0.458 e. The smallest absolute Gasteiger partial charge is 0.134 e. The van der Waals surface area contributed by atoms with Crippen molar-refractivity contribution in [3.8, 4) is 0 Å². The number of hydrogen-bond acceptors (Lipinski definition) is 2. The minimum Gasteiger partial charge on any atom is -0.458 e. The molecular formula is C16H11Cl2FO2. The number of fused-ring (bicyclic) bond motifs is 1. The highest BCUT2D eigenvalue weighted by molar-refractivity contribution is 6.35. The molecule has 1 heterocycles. The molecule has 0 amide bonds. The van der Waals surface area contributed by atoms with Gasteiger partial charge in [-0.05, 0) is 42.0 Å². The maximum absolute atomic E-state index is 13.2. The van der Waals surface area contributed by atoms with E-state index in [0.717, 1.165) is 5.56 Å². The molecule has 108 valence electrons. The minimum atomic E-state index is -0.862. The molecule has 3 aromatic rings. The lowest BCUT2D eigenvalue weighted by Gasteiger charge is -2.09. The molecule has 0 fully saturated rings. The quantitative estimate of drug-likeness (QED) is 0.722. The van der Waals surface area contributed by atoms with Gasteiger partial charge >= 0.3 is 0 Å². The van der Waals surface area contributed by atoms with E-state index in [2.05, 4.69) is 0 Å². The van der Waals surface area contributed by atoms with Crippen LogP contribution in [0, 0.1) is 5.82 Å². The Labute approximate surface area is 130 Å². The molecule has 0 spiro atoms. The molecule has 3 rings (SSSR count). The Bertz CT molecular complexity index is 798. The molecule has 1 aromatic heterocycles. The third-order valence-electron chi connectivity index (χ3n) is 3.25. The number of halogens is 3. The highest BCUT2D eigenvalue weighted by atomic mass is 35.5. The molecule has 0 aliphatic rings. The summed E-state index contributed by atoms with van der Waals surface area (Å²) in [5, 5.41) is 11.9. The third kappa shape index (κ3) is 3.05. The van der Waals surface area contributed by atoms with Gasteiger partial charge in [0.15, 0.2) is 0 Å². The number of benzene rings is 2. The van der Waals surface area contributed by atoms with Crippen LogP contribution in [-0.2, 0) is 6.42 Å². The fourth-order valence-corrected chi connectivity index (χ4v) is 2.68. The summed E-state index contributed by atoms with van der Waals surface area (Å²) >= 11 is 11.9. The van der Waals surface area contributed by atoms with Crippen molar-refractivity contribution < 1.29 is 13.9 Å². The summed E-state index contributed by atoms with van der Waals surface area (Å²) in [6, 6.07) is 10.9. The van der Waals surface area contributed by atoms with E-state index in [9.17, 15) is 9.50 Å². The lowest BCUT2D eigenvalue weighted by molar-refractivity contribution is 0.152. The van der Waals surface area contributed by atoms with E-state index in [1.807, 2.05) is 0 Å². The first-order valence-electron chi connectivity index (χ1n) is 6.34. The van der Waals surface area contributed by atoms with Gasteiger partial charge in [-0.15, -0.1) is 0 Å². The SMILES string of the molecule is OC(Cc1ccc(Cl)cc1Cl)c1cc2cc(F)ccc2o1. The van der Waals surface area contributed by atoms with Gasteiger partial charge in [-0.1, -0.05) is 29.3 Å². The number of furan rings is 1. The topological polar surface area (TPSA) is 33.4 Å². The van der Waals surface area contributed by atoms with E-state index in [0.29, 0.717) is 26.8 Å².